The highest BCUT2D eigenvalue weighted by molar-refractivity contribution is 7.80. The molecule has 1 N–H and O–H groups in total. The molecule has 0 bridgehead atoms. The van der Waals surface area contributed by atoms with Crippen LogP contribution in [0.2, 0.25) is 0 Å². The number of para-hydroxylation sites is 1. The van der Waals surface area contributed by atoms with Gasteiger partial charge in [0.1, 0.15) is 0 Å². The fourth-order valence-electron chi connectivity index (χ4n) is 2.43. The number of hydrogen-bond donors (Lipinski definition) is 1. The van der Waals surface area contributed by atoms with Crippen molar-refractivity contribution in [2.75, 3.05) is 11.9 Å². The first-order valence-corrected chi connectivity index (χ1v) is 7.04. The Morgan fingerprint density at radius 3 is 2.65 bits per heavy atom. The lowest BCUT2D eigenvalue weighted by Gasteiger charge is -2.35. The van der Waals surface area contributed by atoms with Crippen LogP contribution < -0.4 is 5.32 Å². The maximum Gasteiger partial charge on any atom is 0.418 e. The number of benzene rings is 1. The van der Waals surface area contributed by atoms with Crippen LogP contribution >= 0.6 is 12.2 Å². The quantitative estimate of drug-likeness (QED) is 0.780. The molecular formula is C14H17F3N2S. The third-order valence-electron chi connectivity index (χ3n) is 3.54. The molecule has 1 aromatic carbocycles. The average Bonchev–Trinajstić information content (AvgIpc) is 2.38. The summed E-state index contributed by atoms with van der Waals surface area (Å²) in [6, 6.07) is 5.68. The highest BCUT2D eigenvalue weighted by Crippen LogP contribution is 2.34. The van der Waals surface area contributed by atoms with E-state index in [1.807, 2.05) is 11.8 Å². The van der Waals surface area contributed by atoms with Crippen molar-refractivity contribution in [3.63, 3.8) is 0 Å². The molecule has 1 aromatic rings. The van der Waals surface area contributed by atoms with Gasteiger partial charge in [-0.1, -0.05) is 12.1 Å². The summed E-state index contributed by atoms with van der Waals surface area (Å²) in [6.45, 7) is 2.84. The third-order valence-corrected chi connectivity index (χ3v) is 3.87. The summed E-state index contributed by atoms with van der Waals surface area (Å²) in [6.07, 6.45) is -1.21. The number of hydrogen-bond acceptors (Lipinski definition) is 1. The first-order chi connectivity index (χ1) is 9.39. The molecule has 1 atom stereocenters. The second kappa shape index (κ2) is 5.99. The zero-order chi connectivity index (χ0) is 14.8. The van der Waals surface area contributed by atoms with Gasteiger partial charge in [-0.2, -0.15) is 13.2 Å². The predicted molar refractivity (Wildman–Crippen MR) is 77.7 cm³/mol. The van der Waals surface area contributed by atoms with Gasteiger partial charge in [0.2, 0.25) is 0 Å². The summed E-state index contributed by atoms with van der Waals surface area (Å²) in [5, 5.41) is 3.12. The molecule has 0 saturated carbocycles. The molecule has 20 heavy (non-hydrogen) atoms. The fourth-order valence-corrected chi connectivity index (χ4v) is 2.81. The minimum absolute atomic E-state index is 0.0165. The summed E-state index contributed by atoms with van der Waals surface area (Å²) in [7, 11) is 0. The topological polar surface area (TPSA) is 15.3 Å². The van der Waals surface area contributed by atoms with Crippen LogP contribution in [0.3, 0.4) is 0 Å². The van der Waals surface area contributed by atoms with Crippen LogP contribution in [0.1, 0.15) is 31.7 Å². The maximum absolute atomic E-state index is 12.9. The number of anilines is 1. The Bertz CT molecular complexity index is 488. The molecule has 0 amide bonds. The largest absolute Gasteiger partial charge is 0.418 e. The first-order valence-electron chi connectivity index (χ1n) is 6.63. The van der Waals surface area contributed by atoms with Crippen LogP contribution in [-0.2, 0) is 6.18 Å². The van der Waals surface area contributed by atoms with Crippen LogP contribution in [0.15, 0.2) is 24.3 Å². The van der Waals surface area contributed by atoms with E-state index in [9.17, 15) is 13.2 Å². The molecule has 0 aromatic heterocycles. The number of nitrogens with one attached hydrogen (secondary N) is 1. The maximum atomic E-state index is 12.9. The van der Waals surface area contributed by atoms with Gasteiger partial charge in [-0.05, 0) is 50.5 Å². The first kappa shape index (κ1) is 15.1. The van der Waals surface area contributed by atoms with Crippen molar-refractivity contribution in [1.29, 1.82) is 0 Å². The Kier molecular flexibility index (Phi) is 4.52. The van der Waals surface area contributed by atoms with Crippen LogP contribution in [0.4, 0.5) is 18.9 Å². The molecule has 1 aliphatic heterocycles. The number of halogens is 3. The summed E-state index contributed by atoms with van der Waals surface area (Å²) in [5.41, 5.74) is -0.671. The van der Waals surface area contributed by atoms with E-state index in [4.69, 9.17) is 12.2 Å². The van der Waals surface area contributed by atoms with Gasteiger partial charge in [0.25, 0.3) is 0 Å². The van der Waals surface area contributed by atoms with Crippen molar-refractivity contribution in [3.05, 3.63) is 29.8 Å². The molecule has 0 spiro atoms. The highest BCUT2D eigenvalue weighted by atomic mass is 32.1. The molecule has 1 fully saturated rings. The molecule has 2 nitrogen and oxygen atoms in total. The number of piperidine rings is 1. The second-order valence-electron chi connectivity index (χ2n) is 5.01. The van der Waals surface area contributed by atoms with E-state index < -0.39 is 11.7 Å². The molecule has 0 radical (unpaired) electrons. The second-order valence-corrected chi connectivity index (χ2v) is 5.40. The standard InChI is InChI=1S/C14H17F3N2S/c1-10-6-4-5-9-19(10)13(20)18-12-8-3-2-7-11(12)14(15,16)17/h2-3,7-8,10H,4-6,9H2,1H3,(H,18,20). The van der Waals surface area contributed by atoms with E-state index >= 15 is 0 Å². The zero-order valence-electron chi connectivity index (χ0n) is 11.2. The Morgan fingerprint density at radius 1 is 1.30 bits per heavy atom. The van der Waals surface area contributed by atoms with Crippen LogP contribution in [0.25, 0.3) is 0 Å². The van der Waals surface area contributed by atoms with Crippen molar-refractivity contribution in [3.8, 4) is 0 Å². The number of thiocarbonyl (C=S) groups is 1. The minimum Gasteiger partial charge on any atom is -0.346 e. The summed E-state index contributed by atoms with van der Waals surface area (Å²) in [4.78, 5) is 1.96. The lowest BCUT2D eigenvalue weighted by Crippen LogP contribution is -2.44. The highest BCUT2D eigenvalue weighted by Gasteiger charge is 2.33. The van der Waals surface area contributed by atoms with E-state index in [1.165, 1.54) is 12.1 Å². The zero-order valence-corrected chi connectivity index (χ0v) is 12.0. The van der Waals surface area contributed by atoms with Crippen molar-refractivity contribution >= 4 is 23.0 Å². The van der Waals surface area contributed by atoms with Crippen LogP contribution in [-0.4, -0.2) is 22.6 Å². The van der Waals surface area contributed by atoms with Crippen molar-refractivity contribution < 1.29 is 13.2 Å². The smallest absolute Gasteiger partial charge is 0.346 e. The van der Waals surface area contributed by atoms with Crippen LogP contribution in [0.5, 0.6) is 0 Å². The Hall–Kier alpha value is -1.30. The molecule has 2 rings (SSSR count). The average molecular weight is 302 g/mol. The fraction of sp³-hybridized carbons (Fsp3) is 0.500. The number of nitrogens with zero attached hydrogens (tertiary/aromatic N) is 1. The van der Waals surface area contributed by atoms with Crippen molar-refractivity contribution in [2.24, 2.45) is 0 Å². The molecule has 6 heteroatoms. The molecule has 0 aliphatic carbocycles. The van der Waals surface area contributed by atoms with Gasteiger partial charge in [-0.3, -0.25) is 0 Å². The molecule has 1 heterocycles. The lowest BCUT2D eigenvalue weighted by molar-refractivity contribution is -0.136. The van der Waals surface area contributed by atoms with Gasteiger partial charge < -0.3 is 10.2 Å². The summed E-state index contributed by atoms with van der Waals surface area (Å²) in [5.74, 6) is 0. The number of rotatable bonds is 1. The number of alkyl halides is 3. The van der Waals surface area contributed by atoms with E-state index in [1.54, 1.807) is 6.07 Å². The van der Waals surface area contributed by atoms with Gasteiger partial charge in [0.05, 0.1) is 11.3 Å². The van der Waals surface area contributed by atoms with E-state index in [0.29, 0.717) is 5.11 Å². The summed E-state index contributed by atoms with van der Waals surface area (Å²) < 4.78 is 38.8. The minimum atomic E-state index is -4.38. The Labute approximate surface area is 122 Å². The van der Waals surface area contributed by atoms with E-state index in [0.717, 1.165) is 31.9 Å². The van der Waals surface area contributed by atoms with E-state index in [2.05, 4.69) is 5.32 Å². The van der Waals surface area contributed by atoms with Crippen LogP contribution in [0, 0.1) is 0 Å². The number of likely N-dealkylation sites (tertiary alicyclic amines) is 1. The molecule has 110 valence electrons. The molecular weight excluding hydrogens is 285 g/mol. The molecule has 1 saturated heterocycles. The third kappa shape index (κ3) is 3.42. The normalized spacial score (nSPS) is 19.8. The van der Waals surface area contributed by atoms with Gasteiger partial charge in [-0.15, -0.1) is 0 Å². The lowest BCUT2D eigenvalue weighted by atomic mass is 10.0. The van der Waals surface area contributed by atoms with E-state index in [-0.39, 0.29) is 11.7 Å². The van der Waals surface area contributed by atoms with Gasteiger partial charge in [0, 0.05) is 12.6 Å². The Morgan fingerprint density at radius 2 is 2.00 bits per heavy atom. The van der Waals surface area contributed by atoms with Crippen molar-refractivity contribution in [1.82, 2.24) is 4.90 Å². The van der Waals surface area contributed by atoms with Gasteiger partial charge in [0.15, 0.2) is 5.11 Å². The van der Waals surface area contributed by atoms with Gasteiger partial charge >= 0.3 is 6.18 Å². The van der Waals surface area contributed by atoms with Gasteiger partial charge in [-0.25, -0.2) is 0 Å². The molecule has 1 unspecified atom stereocenters. The monoisotopic (exact) mass is 302 g/mol. The Balaban J connectivity index is 2.16. The van der Waals surface area contributed by atoms with Crippen molar-refractivity contribution in [2.45, 2.75) is 38.4 Å². The predicted octanol–water partition coefficient (Wildman–Crippen LogP) is 4.28. The SMILES string of the molecule is CC1CCCCN1C(=S)Nc1ccccc1C(F)(F)F. The molecule has 1 aliphatic rings. The summed E-state index contributed by atoms with van der Waals surface area (Å²) >= 11 is 5.26.